The first-order valence-corrected chi connectivity index (χ1v) is 18.6. The van der Waals surface area contributed by atoms with Crippen molar-refractivity contribution >= 4 is 35.9 Å². The summed E-state index contributed by atoms with van der Waals surface area (Å²) in [6.07, 6.45) is -2.26. The lowest BCUT2D eigenvalue weighted by Gasteiger charge is -2.12. The number of nitrogens with zero attached hydrogens (tertiary/aromatic N) is 2. The van der Waals surface area contributed by atoms with E-state index in [1.165, 1.54) is 0 Å². The highest BCUT2D eigenvalue weighted by Gasteiger charge is 2.34. The number of carbonyl (C=O) groups excluding carboxylic acids is 6. The summed E-state index contributed by atoms with van der Waals surface area (Å²) in [5.41, 5.74) is 0. The predicted molar refractivity (Wildman–Crippen MR) is 186 cm³/mol. The molecule has 0 spiro atoms. The van der Waals surface area contributed by atoms with Gasteiger partial charge < -0.3 is 61.6 Å². The van der Waals surface area contributed by atoms with E-state index in [1.54, 1.807) is 0 Å². The number of imide groups is 2. The monoisotopic (exact) mass is 828 g/mol. The summed E-state index contributed by atoms with van der Waals surface area (Å²) in [7, 11) is 0. The molecule has 2 fully saturated rings. The van der Waals surface area contributed by atoms with Gasteiger partial charge in [0, 0.05) is 25.7 Å². The van der Waals surface area contributed by atoms with Crippen LogP contribution in [-0.4, -0.2) is 205 Å². The predicted octanol–water partition coefficient (Wildman–Crippen LogP) is -0.397. The molecule has 23 heteroatoms. The molecular weight excluding hydrogens is 772 g/mol. The number of amides is 4. The van der Waals surface area contributed by atoms with Crippen LogP contribution in [0.5, 0.6) is 0 Å². The minimum Gasteiger partial charge on any atom is -0.430 e. The van der Waals surface area contributed by atoms with Crippen LogP contribution in [0.1, 0.15) is 25.7 Å². The highest BCUT2D eigenvalue weighted by Crippen LogP contribution is 2.13. The minimum atomic E-state index is -1.15. The van der Waals surface area contributed by atoms with E-state index >= 15 is 0 Å². The zero-order valence-corrected chi connectivity index (χ0v) is 32.3. The quantitative estimate of drug-likeness (QED) is 0.0436. The molecule has 0 aromatic carbocycles. The highest BCUT2D eigenvalue weighted by molar-refractivity contribution is 6.02. The summed E-state index contributed by atoms with van der Waals surface area (Å²) in [6, 6.07) is 0. The molecule has 2 rings (SSSR count). The molecule has 0 unspecified atom stereocenters. The van der Waals surface area contributed by atoms with Gasteiger partial charge >= 0.3 is 12.3 Å². The van der Waals surface area contributed by atoms with Crippen molar-refractivity contribution in [1.82, 2.24) is 10.1 Å². The average Bonchev–Trinajstić information content (AvgIpc) is 3.69. The van der Waals surface area contributed by atoms with Crippen molar-refractivity contribution in [3.05, 3.63) is 0 Å². The number of hydrogen-bond acceptors (Lipinski definition) is 21. The van der Waals surface area contributed by atoms with Crippen molar-refractivity contribution in [2.75, 3.05) is 159 Å². The summed E-state index contributed by atoms with van der Waals surface area (Å²) in [5, 5.41) is 0.822. The van der Waals surface area contributed by atoms with Crippen molar-refractivity contribution in [2.45, 2.75) is 25.7 Å². The van der Waals surface area contributed by atoms with Crippen LogP contribution < -0.4 is 0 Å². The summed E-state index contributed by atoms with van der Waals surface area (Å²) in [5.74, 6) is -2.33. The maximum atomic E-state index is 11.5. The molecule has 2 aliphatic heterocycles. The van der Waals surface area contributed by atoms with E-state index in [0.29, 0.717) is 129 Å². The van der Waals surface area contributed by atoms with Crippen molar-refractivity contribution in [3.63, 3.8) is 0 Å². The topological polar surface area (TPSA) is 247 Å². The lowest BCUT2D eigenvalue weighted by molar-refractivity contribution is -0.178. The van der Waals surface area contributed by atoms with Crippen molar-refractivity contribution in [2.24, 2.45) is 0 Å². The third-order valence-electron chi connectivity index (χ3n) is 6.96. The Morgan fingerprint density at radius 2 is 0.456 bits per heavy atom. The maximum Gasteiger partial charge on any atom is 0.534 e. The van der Waals surface area contributed by atoms with E-state index in [4.69, 9.17) is 61.6 Å². The largest absolute Gasteiger partial charge is 0.534 e. The molecule has 2 saturated heterocycles. The first-order chi connectivity index (χ1) is 27.9. The first kappa shape index (κ1) is 49.5. The van der Waals surface area contributed by atoms with Gasteiger partial charge in [-0.25, -0.2) is 9.59 Å². The number of hydroxylamine groups is 4. The smallest absolute Gasteiger partial charge is 0.430 e. The van der Waals surface area contributed by atoms with Crippen LogP contribution in [0.2, 0.25) is 0 Å². The van der Waals surface area contributed by atoms with Crippen LogP contribution in [0.3, 0.4) is 0 Å². The van der Waals surface area contributed by atoms with Gasteiger partial charge in [0.15, 0.2) is 0 Å². The zero-order valence-electron chi connectivity index (χ0n) is 32.3. The van der Waals surface area contributed by atoms with Gasteiger partial charge in [0.25, 0.3) is 23.6 Å². The van der Waals surface area contributed by atoms with Crippen LogP contribution in [0.15, 0.2) is 0 Å². The normalized spacial score (nSPS) is 14.2. The summed E-state index contributed by atoms with van der Waals surface area (Å²) in [4.78, 5) is 77.5. The molecule has 4 amide bonds. The Kier molecular flexibility index (Phi) is 29.9. The summed E-state index contributed by atoms with van der Waals surface area (Å²) < 4.78 is 68.8. The average molecular weight is 829 g/mol. The standard InChI is InChI=1S/C34H56N2O21/c37-29-1-2-30(38)35(29)56-33(41)54-27-25-52-23-21-50-19-17-48-15-13-46-11-9-44-7-5-43-6-8-45-10-12-47-14-16-49-18-20-51-22-24-53-26-28-55-34(42)57-36-31(39)3-4-32(36)40/h1-28H2. The Morgan fingerprint density at radius 3 is 0.632 bits per heavy atom. The molecule has 0 N–H and O–H groups in total. The fraction of sp³-hybridized carbons (Fsp3) is 0.824. The van der Waals surface area contributed by atoms with Gasteiger partial charge in [0.05, 0.1) is 145 Å². The molecule has 0 radical (unpaired) electrons. The zero-order chi connectivity index (χ0) is 41.0. The Morgan fingerprint density at radius 1 is 0.298 bits per heavy atom. The minimum absolute atomic E-state index is 0.00761. The van der Waals surface area contributed by atoms with Crippen LogP contribution >= 0.6 is 0 Å². The van der Waals surface area contributed by atoms with Gasteiger partial charge in [0.2, 0.25) is 0 Å². The van der Waals surface area contributed by atoms with Gasteiger partial charge in [-0.2, -0.15) is 0 Å². The molecule has 0 saturated carbocycles. The van der Waals surface area contributed by atoms with Crippen molar-refractivity contribution in [3.8, 4) is 0 Å². The number of hydrogen-bond donors (Lipinski definition) is 0. The molecule has 0 aliphatic carbocycles. The Hall–Kier alpha value is -3.62. The molecule has 2 aliphatic rings. The fourth-order valence-electron chi connectivity index (χ4n) is 4.19. The molecule has 2 heterocycles. The van der Waals surface area contributed by atoms with Crippen LogP contribution in [-0.2, 0) is 90.4 Å². The second-order valence-corrected chi connectivity index (χ2v) is 11.3. The highest BCUT2D eigenvalue weighted by atomic mass is 16.8. The van der Waals surface area contributed by atoms with E-state index < -0.39 is 35.9 Å². The Labute approximate surface area is 330 Å². The Bertz CT molecular complexity index is 1010. The molecular formula is C34H56N2O21. The fourth-order valence-corrected chi connectivity index (χ4v) is 4.19. The van der Waals surface area contributed by atoms with Gasteiger partial charge in [-0.1, -0.05) is 10.1 Å². The van der Waals surface area contributed by atoms with Crippen LogP contribution in [0.4, 0.5) is 9.59 Å². The number of ether oxygens (including phenoxy) is 13. The summed E-state index contributed by atoms with van der Waals surface area (Å²) in [6.45, 7) is 7.94. The molecule has 0 atom stereocenters. The van der Waals surface area contributed by atoms with Crippen LogP contribution in [0, 0.1) is 0 Å². The molecule has 0 bridgehead atoms. The molecule has 0 aromatic rings. The second-order valence-electron chi connectivity index (χ2n) is 11.3. The van der Waals surface area contributed by atoms with E-state index in [-0.39, 0.29) is 65.3 Å². The lowest BCUT2D eigenvalue weighted by atomic mass is 10.4. The first-order valence-electron chi connectivity index (χ1n) is 18.6. The van der Waals surface area contributed by atoms with Crippen molar-refractivity contribution < 1.29 is 100 Å². The van der Waals surface area contributed by atoms with E-state index in [1.807, 2.05) is 0 Å². The number of carbonyl (C=O) groups is 6. The van der Waals surface area contributed by atoms with E-state index in [0.717, 1.165) is 0 Å². The van der Waals surface area contributed by atoms with Gasteiger partial charge in [-0.15, -0.1) is 0 Å². The Balaban J connectivity index is 1.15. The van der Waals surface area contributed by atoms with Crippen molar-refractivity contribution in [1.29, 1.82) is 0 Å². The van der Waals surface area contributed by atoms with E-state index in [9.17, 15) is 28.8 Å². The van der Waals surface area contributed by atoms with E-state index in [2.05, 4.69) is 9.68 Å². The molecule has 57 heavy (non-hydrogen) atoms. The maximum absolute atomic E-state index is 11.5. The van der Waals surface area contributed by atoms with Gasteiger partial charge in [0.1, 0.15) is 13.2 Å². The second kappa shape index (κ2) is 34.4. The lowest BCUT2D eigenvalue weighted by Crippen LogP contribution is -2.32. The number of rotatable bonds is 38. The van der Waals surface area contributed by atoms with Gasteiger partial charge in [-0.3, -0.25) is 28.9 Å². The molecule has 23 nitrogen and oxygen atoms in total. The molecule has 0 aromatic heterocycles. The third-order valence-corrected chi connectivity index (χ3v) is 6.96. The summed E-state index contributed by atoms with van der Waals surface area (Å²) >= 11 is 0. The van der Waals surface area contributed by atoms with Crippen LogP contribution in [0.25, 0.3) is 0 Å². The molecule has 328 valence electrons. The SMILES string of the molecule is O=C(OCCOCCOCCOCCOCCOCCOCCOCCOCCOCCOCCOCCOC(=O)ON1C(=O)CCC1=O)ON1C(=O)CCC1=O. The van der Waals surface area contributed by atoms with Gasteiger partial charge in [-0.05, 0) is 0 Å². The third kappa shape index (κ3) is 26.8.